The first kappa shape index (κ1) is 19.2. The average Bonchev–Trinajstić information content (AvgIpc) is 2.87. The van der Waals surface area contributed by atoms with Gasteiger partial charge >= 0.3 is 0 Å². The molecule has 7 heteroatoms. The number of halogens is 1. The molecule has 1 aliphatic rings. The van der Waals surface area contributed by atoms with Crippen LogP contribution < -0.4 is 5.32 Å². The molecule has 1 N–H and O–H groups in total. The number of benzene rings is 2. The minimum absolute atomic E-state index is 0.307. The Morgan fingerprint density at radius 2 is 1.89 bits per heavy atom. The molecular formula is C20H17ClN2O3S. The van der Waals surface area contributed by atoms with Gasteiger partial charge in [-0.3, -0.25) is 19.3 Å². The van der Waals surface area contributed by atoms with E-state index >= 15 is 0 Å². The molecular weight excluding hydrogens is 384 g/mol. The van der Waals surface area contributed by atoms with E-state index in [4.69, 9.17) is 11.6 Å². The van der Waals surface area contributed by atoms with E-state index in [0.29, 0.717) is 15.6 Å². The van der Waals surface area contributed by atoms with Gasteiger partial charge in [0.05, 0.1) is 4.91 Å². The molecule has 1 heterocycles. The van der Waals surface area contributed by atoms with Gasteiger partial charge in [0.1, 0.15) is 6.54 Å². The number of imide groups is 1. The number of anilines is 1. The summed E-state index contributed by atoms with van der Waals surface area (Å²) >= 11 is 6.78. The Kier molecular flexibility index (Phi) is 5.68. The summed E-state index contributed by atoms with van der Waals surface area (Å²) in [6, 6.07) is 12.7. The van der Waals surface area contributed by atoms with Gasteiger partial charge < -0.3 is 5.32 Å². The summed E-state index contributed by atoms with van der Waals surface area (Å²) in [5.41, 5.74) is 3.25. The molecule has 1 aliphatic heterocycles. The van der Waals surface area contributed by atoms with Gasteiger partial charge in [-0.05, 0) is 60.5 Å². The molecule has 0 bridgehead atoms. The molecule has 3 rings (SSSR count). The predicted molar refractivity (Wildman–Crippen MR) is 109 cm³/mol. The highest BCUT2D eigenvalue weighted by atomic mass is 35.5. The van der Waals surface area contributed by atoms with Crippen molar-refractivity contribution in [1.82, 2.24) is 4.90 Å². The van der Waals surface area contributed by atoms with Gasteiger partial charge in [0, 0.05) is 10.7 Å². The fourth-order valence-electron chi connectivity index (χ4n) is 2.59. The van der Waals surface area contributed by atoms with Crippen molar-refractivity contribution in [3.8, 4) is 0 Å². The maximum Gasteiger partial charge on any atom is 0.294 e. The number of nitrogens with zero attached hydrogens (tertiary/aromatic N) is 1. The lowest BCUT2D eigenvalue weighted by Crippen LogP contribution is -2.36. The van der Waals surface area contributed by atoms with E-state index in [1.165, 1.54) is 0 Å². The molecule has 138 valence electrons. The lowest BCUT2D eigenvalue weighted by atomic mass is 10.1. The Labute approximate surface area is 166 Å². The number of thioether (sulfide) groups is 1. The number of nitrogens with one attached hydrogen (secondary N) is 1. The molecule has 0 unspecified atom stereocenters. The van der Waals surface area contributed by atoms with Crippen LogP contribution in [0.2, 0.25) is 5.02 Å². The molecule has 27 heavy (non-hydrogen) atoms. The third kappa shape index (κ3) is 4.40. The minimum atomic E-state index is -0.466. The Bertz CT molecular complexity index is 971. The Hall–Kier alpha value is -2.57. The first-order chi connectivity index (χ1) is 12.8. The number of hydrogen-bond acceptors (Lipinski definition) is 4. The summed E-state index contributed by atoms with van der Waals surface area (Å²) in [7, 11) is 0. The Morgan fingerprint density at radius 1 is 1.15 bits per heavy atom. The first-order valence-electron chi connectivity index (χ1n) is 8.22. The second kappa shape index (κ2) is 7.98. The van der Waals surface area contributed by atoms with Gasteiger partial charge in [-0.2, -0.15) is 0 Å². The fraction of sp³-hybridized carbons (Fsp3) is 0.150. The predicted octanol–water partition coefficient (Wildman–Crippen LogP) is 4.63. The SMILES string of the molecule is Cc1ccccc1/C=C1/SC(=O)N(CC(=O)Nc2cc(Cl)ccc2C)C1=O. The number of aryl methyl sites for hydroxylation is 2. The lowest BCUT2D eigenvalue weighted by molar-refractivity contribution is -0.127. The van der Waals surface area contributed by atoms with E-state index in [0.717, 1.165) is 33.4 Å². The second-order valence-corrected chi connectivity index (χ2v) is 7.56. The summed E-state index contributed by atoms with van der Waals surface area (Å²) in [6.07, 6.45) is 1.68. The van der Waals surface area contributed by atoms with Crippen molar-refractivity contribution >= 4 is 52.2 Å². The number of amides is 3. The maximum atomic E-state index is 12.6. The largest absolute Gasteiger partial charge is 0.324 e. The molecule has 3 amide bonds. The third-order valence-electron chi connectivity index (χ3n) is 4.12. The molecule has 1 saturated heterocycles. The van der Waals surface area contributed by atoms with Crippen molar-refractivity contribution in [2.75, 3.05) is 11.9 Å². The van der Waals surface area contributed by atoms with Crippen LogP contribution in [0.5, 0.6) is 0 Å². The summed E-state index contributed by atoms with van der Waals surface area (Å²) < 4.78 is 0. The van der Waals surface area contributed by atoms with Gasteiger partial charge in [0.25, 0.3) is 11.1 Å². The van der Waals surface area contributed by atoms with Crippen LogP contribution in [0.4, 0.5) is 10.5 Å². The standard InChI is InChI=1S/C20H17ClN2O3S/c1-12-5-3-4-6-14(12)9-17-19(25)23(20(26)27-17)11-18(24)22-16-10-15(21)8-7-13(16)2/h3-10H,11H2,1-2H3,(H,22,24)/b17-9+. The molecule has 0 atom stereocenters. The number of rotatable bonds is 4. The van der Waals surface area contributed by atoms with E-state index in [-0.39, 0.29) is 6.54 Å². The van der Waals surface area contributed by atoms with Gasteiger partial charge in [-0.15, -0.1) is 0 Å². The number of carbonyl (C=O) groups is 3. The van der Waals surface area contributed by atoms with Crippen LogP contribution >= 0.6 is 23.4 Å². The highest BCUT2D eigenvalue weighted by molar-refractivity contribution is 8.18. The smallest absolute Gasteiger partial charge is 0.294 e. The van der Waals surface area contributed by atoms with Gasteiger partial charge in [-0.1, -0.05) is 41.9 Å². The van der Waals surface area contributed by atoms with E-state index in [9.17, 15) is 14.4 Å². The van der Waals surface area contributed by atoms with E-state index in [1.54, 1.807) is 24.3 Å². The van der Waals surface area contributed by atoms with Crippen LogP contribution in [0.3, 0.4) is 0 Å². The van der Waals surface area contributed by atoms with Gasteiger partial charge in [0.15, 0.2) is 0 Å². The summed E-state index contributed by atoms with van der Waals surface area (Å²) in [6.45, 7) is 3.41. The van der Waals surface area contributed by atoms with Crippen molar-refractivity contribution < 1.29 is 14.4 Å². The molecule has 0 aliphatic carbocycles. The van der Waals surface area contributed by atoms with Crippen LogP contribution in [0, 0.1) is 13.8 Å². The van der Waals surface area contributed by atoms with Crippen molar-refractivity contribution in [3.63, 3.8) is 0 Å². The molecule has 0 saturated carbocycles. The molecule has 2 aromatic carbocycles. The summed E-state index contributed by atoms with van der Waals surface area (Å²) in [5, 5.41) is 2.72. The average molecular weight is 401 g/mol. The van der Waals surface area contributed by atoms with E-state index < -0.39 is 17.1 Å². The second-order valence-electron chi connectivity index (χ2n) is 6.13. The van der Waals surface area contributed by atoms with Crippen LogP contribution in [-0.2, 0) is 9.59 Å². The van der Waals surface area contributed by atoms with Crippen LogP contribution in [-0.4, -0.2) is 28.5 Å². The van der Waals surface area contributed by atoms with Gasteiger partial charge in [0.2, 0.25) is 5.91 Å². The highest BCUT2D eigenvalue weighted by Gasteiger charge is 2.36. The van der Waals surface area contributed by atoms with Crippen molar-refractivity contribution in [2.45, 2.75) is 13.8 Å². The van der Waals surface area contributed by atoms with Crippen LogP contribution in [0.15, 0.2) is 47.4 Å². The van der Waals surface area contributed by atoms with Gasteiger partial charge in [-0.25, -0.2) is 0 Å². The van der Waals surface area contributed by atoms with Crippen LogP contribution in [0.25, 0.3) is 6.08 Å². The molecule has 1 fully saturated rings. The summed E-state index contributed by atoms with van der Waals surface area (Å²) in [4.78, 5) is 38.3. The van der Waals surface area contributed by atoms with Crippen LogP contribution in [0.1, 0.15) is 16.7 Å². The zero-order valence-corrected chi connectivity index (χ0v) is 16.4. The highest BCUT2D eigenvalue weighted by Crippen LogP contribution is 2.32. The third-order valence-corrected chi connectivity index (χ3v) is 5.27. The van der Waals surface area contributed by atoms with E-state index in [1.807, 2.05) is 38.1 Å². The van der Waals surface area contributed by atoms with Crippen molar-refractivity contribution in [2.24, 2.45) is 0 Å². The molecule has 0 aromatic heterocycles. The molecule has 2 aromatic rings. The fourth-order valence-corrected chi connectivity index (χ4v) is 3.59. The minimum Gasteiger partial charge on any atom is -0.324 e. The molecule has 0 spiro atoms. The number of hydrogen-bond donors (Lipinski definition) is 1. The maximum absolute atomic E-state index is 12.6. The Morgan fingerprint density at radius 3 is 2.63 bits per heavy atom. The zero-order valence-electron chi connectivity index (χ0n) is 14.8. The topological polar surface area (TPSA) is 66.5 Å². The van der Waals surface area contributed by atoms with E-state index in [2.05, 4.69) is 5.32 Å². The Balaban J connectivity index is 1.73. The quantitative estimate of drug-likeness (QED) is 0.759. The van der Waals surface area contributed by atoms with Crippen molar-refractivity contribution in [3.05, 3.63) is 69.1 Å². The monoisotopic (exact) mass is 400 g/mol. The normalized spacial score (nSPS) is 15.5. The zero-order chi connectivity index (χ0) is 19.6. The molecule has 5 nitrogen and oxygen atoms in total. The first-order valence-corrected chi connectivity index (χ1v) is 9.41. The van der Waals surface area contributed by atoms with Crippen molar-refractivity contribution in [1.29, 1.82) is 0 Å². The molecule has 0 radical (unpaired) electrons. The lowest BCUT2D eigenvalue weighted by Gasteiger charge is -2.13. The summed E-state index contributed by atoms with van der Waals surface area (Å²) in [5.74, 6) is -0.925. The number of carbonyl (C=O) groups excluding carboxylic acids is 3.